The number of methoxy groups -OCH3 is 4. The van der Waals surface area contributed by atoms with Crippen LogP contribution in [-0.2, 0) is 22.4 Å². The molecule has 2 aliphatic rings. The van der Waals surface area contributed by atoms with Crippen molar-refractivity contribution >= 4 is 11.9 Å². The number of carboxylic acid groups (broad SMARTS) is 2. The second-order valence-corrected chi connectivity index (χ2v) is 8.65. The zero-order chi connectivity index (χ0) is 30.0. The molecule has 0 saturated carbocycles. The molecule has 14 heteroatoms. The maximum absolute atomic E-state index is 9.10. The molecule has 2 aromatic rings. The maximum Gasteiger partial charge on any atom is 0.414 e. The van der Waals surface area contributed by atoms with Gasteiger partial charge in [0.25, 0.3) is 0 Å². The first-order valence-corrected chi connectivity index (χ1v) is 12.0. The van der Waals surface area contributed by atoms with Crippen molar-refractivity contribution in [1.29, 1.82) is 0 Å². The van der Waals surface area contributed by atoms with Crippen LogP contribution in [0.5, 0.6) is 46.0 Å². The summed E-state index contributed by atoms with van der Waals surface area (Å²) < 4.78 is 42.9. The van der Waals surface area contributed by atoms with Gasteiger partial charge in [0.2, 0.25) is 36.6 Å². The Labute approximate surface area is 231 Å². The molecule has 2 aromatic carbocycles. The molecule has 2 heterocycles. The van der Waals surface area contributed by atoms with Crippen molar-refractivity contribution in [2.75, 3.05) is 42.0 Å². The first kappa shape index (κ1) is 31.9. The summed E-state index contributed by atoms with van der Waals surface area (Å²) in [5.41, 5.74) is 13.6. The van der Waals surface area contributed by atoms with Gasteiger partial charge in [0.1, 0.15) is 0 Å². The van der Waals surface area contributed by atoms with Crippen LogP contribution in [0.4, 0.5) is 0 Å². The van der Waals surface area contributed by atoms with Crippen LogP contribution in [-0.4, -0.2) is 76.3 Å². The van der Waals surface area contributed by atoms with E-state index < -0.39 is 11.9 Å². The highest BCUT2D eigenvalue weighted by Gasteiger charge is 2.27. The topological polar surface area (TPSA) is 200 Å². The van der Waals surface area contributed by atoms with Gasteiger partial charge in [-0.25, -0.2) is 9.59 Å². The van der Waals surface area contributed by atoms with Gasteiger partial charge in [-0.05, 0) is 38.8 Å². The van der Waals surface area contributed by atoms with E-state index in [2.05, 4.69) is 0 Å². The van der Waals surface area contributed by atoms with Gasteiger partial charge < -0.3 is 59.6 Å². The predicted molar refractivity (Wildman–Crippen MR) is 141 cm³/mol. The van der Waals surface area contributed by atoms with Crippen molar-refractivity contribution in [2.45, 2.75) is 38.8 Å². The predicted octanol–water partition coefficient (Wildman–Crippen LogP) is 1.80. The summed E-state index contributed by atoms with van der Waals surface area (Å²) in [5, 5.41) is 14.8. The second kappa shape index (κ2) is 14.7. The van der Waals surface area contributed by atoms with E-state index in [0.717, 1.165) is 11.1 Å². The number of aliphatic carboxylic acids is 2. The van der Waals surface area contributed by atoms with E-state index in [9.17, 15) is 0 Å². The van der Waals surface area contributed by atoms with Gasteiger partial charge in [0.05, 0.1) is 28.4 Å². The van der Waals surface area contributed by atoms with Crippen LogP contribution < -0.4 is 49.4 Å². The molecular formula is C26H36N2O12. The molecule has 6 N–H and O–H groups in total. The van der Waals surface area contributed by atoms with E-state index in [1.807, 2.05) is 26.0 Å². The first-order chi connectivity index (χ1) is 19.0. The summed E-state index contributed by atoms with van der Waals surface area (Å²) in [4.78, 5) is 18.2. The fourth-order valence-corrected chi connectivity index (χ4v) is 3.91. The zero-order valence-corrected chi connectivity index (χ0v) is 23.3. The number of carbonyl (C=O) groups is 2. The molecule has 222 valence electrons. The van der Waals surface area contributed by atoms with Gasteiger partial charge in [-0.2, -0.15) is 0 Å². The summed E-state index contributed by atoms with van der Waals surface area (Å²) in [6.07, 6.45) is 1.38. The van der Waals surface area contributed by atoms with Crippen molar-refractivity contribution in [2.24, 2.45) is 11.5 Å². The minimum atomic E-state index is -1.82. The molecule has 0 radical (unpaired) electrons. The van der Waals surface area contributed by atoms with Crippen LogP contribution in [0, 0.1) is 0 Å². The molecule has 0 spiro atoms. The minimum absolute atomic E-state index is 0.0361. The largest absolute Gasteiger partial charge is 0.492 e. The number of nitrogens with two attached hydrogens (primary N) is 2. The highest BCUT2D eigenvalue weighted by atomic mass is 16.7. The standard InChI is InChI=1S/2C12H17NO4.C2H2O4/c2*1-7(13)4-8-5-9-11(17-6-16-9)12(15-3)10(8)14-2;3-1(4)2(5)6/h2*5,7H,4,6,13H2,1-3H3;(H,3,4)(H,5,6). The molecule has 2 atom stereocenters. The van der Waals surface area contributed by atoms with Crippen LogP contribution in [0.25, 0.3) is 0 Å². The summed E-state index contributed by atoms with van der Waals surface area (Å²) >= 11 is 0. The molecule has 0 saturated heterocycles. The van der Waals surface area contributed by atoms with Gasteiger partial charge in [-0.1, -0.05) is 0 Å². The number of ether oxygens (including phenoxy) is 8. The van der Waals surface area contributed by atoms with Gasteiger partial charge in [0, 0.05) is 23.2 Å². The highest BCUT2D eigenvalue weighted by Crippen LogP contribution is 2.50. The first-order valence-electron chi connectivity index (χ1n) is 12.0. The Hall–Kier alpha value is -4.30. The molecule has 2 unspecified atom stereocenters. The average molecular weight is 569 g/mol. The van der Waals surface area contributed by atoms with Gasteiger partial charge >= 0.3 is 11.9 Å². The van der Waals surface area contributed by atoms with Crippen molar-refractivity contribution < 1.29 is 57.7 Å². The van der Waals surface area contributed by atoms with Crippen LogP contribution >= 0.6 is 0 Å². The number of carboxylic acids is 2. The molecule has 40 heavy (non-hydrogen) atoms. The van der Waals surface area contributed by atoms with Crippen molar-refractivity contribution in [1.82, 2.24) is 0 Å². The molecular weight excluding hydrogens is 532 g/mol. The lowest BCUT2D eigenvalue weighted by atomic mass is 10.0. The lowest BCUT2D eigenvalue weighted by Gasteiger charge is -2.15. The quantitative estimate of drug-likeness (QED) is 0.336. The monoisotopic (exact) mass is 568 g/mol. The van der Waals surface area contributed by atoms with Crippen molar-refractivity contribution in [3.05, 3.63) is 23.3 Å². The Morgan fingerprint density at radius 3 is 1.27 bits per heavy atom. The third kappa shape index (κ3) is 7.86. The van der Waals surface area contributed by atoms with Crippen LogP contribution in [0.15, 0.2) is 12.1 Å². The lowest BCUT2D eigenvalue weighted by Crippen LogP contribution is -2.18. The van der Waals surface area contributed by atoms with Crippen molar-refractivity contribution in [3.63, 3.8) is 0 Å². The highest BCUT2D eigenvalue weighted by molar-refractivity contribution is 6.27. The Morgan fingerprint density at radius 2 is 1.02 bits per heavy atom. The molecule has 0 fully saturated rings. The van der Waals surface area contributed by atoms with Crippen LogP contribution in [0.2, 0.25) is 0 Å². The lowest BCUT2D eigenvalue weighted by molar-refractivity contribution is -0.159. The Balaban J connectivity index is 0.000000234. The Bertz CT molecular complexity index is 1090. The molecule has 0 aliphatic carbocycles. The number of benzene rings is 2. The molecule has 4 rings (SSSR count). The SMILES string of the molecule is COc1c(CC(C)N)cc2c(c1OC)OCO2.COc1c(CC(C)N)cc2c(c1OC)OCO2.O=C(O)C(=O)O. The van der Waals surface area contributed by atoms with Crippen LogP contribution in [0.1, 0.15) is 25.0 Å². The Kier molecular flexibility index (Phi) is 11.8. The smallest absolute Gasteiger partial charge is 0.414 e. The third-order valence-electron chi connectivity index (χ3n) is 5.39. The van der Waals surface area contributed by atoms with E-state index in [-0.39, 0.29) is 25.7 Å². The summed E-state index contributed by atoms with van der Waals surface area (Å²) in [6.45, 7) is 4.29. The minimum Gasteiger partial charge on any atom is -0.492 e. The molecule has 2 aliphatic heterocycles. The fraction of sp³-hybridized carbons (Fsp3) is 0.462. The van der Waals surface area contributed by atoms with E-state index in [1.54, 1.807) is 28.4 Å². The molecule has 0 amide bonds. The fourth-order valence-electron chi connectivity index (χ4n) is 3.91. The van der Waals surface area contributed by atoms with Crippen molar-refractivity contribution in [3.8, 4) is 46.0 Å². The van der Waals surface area contributed by atoms with Gasteiger partial charge in [-0.3, -0.25) is 0 Å². The zero-order valence-electron chi connectivity index (χ0n) is 23.3. The average Bonchev–Trinajstić information content (AvgIpc) is 3.56. The number of rotatable bonds is 8. The van der Waals surface area contributed by atoms with E-state index in [1.165, 1.54) is 0 Å². The van der Waals surface area contributed by atoms with Gasteiger partial charge in [0.15, 0.2) is 23.0 Å². The van der Waals surface area contributed by atoms with E-state index >= 15 is 0 Å². The summed E-state index contributed by atoms with van der Waals surface area (Å²) in [7, 11) is 6.36. The van der Waals surface area contributed by atoms with E-state index in [0.29, 0.717) is 58.8 Å². The van der Waals surface area contributed by atoms with E-state index in [4.69, 9.17) is 69.2 Å². The molecule has 14 nitrogen and oxygen atoms in total. The second-order valence-electron chi connectivity index (χ2n) is 8.65. The van der Waals surface area contributed by atoms with Crippen LogP contribution in [0.3, 0.4) is 0 Å². The third-order valence-corrected chi connectivity index (χ3v) is 5.39. The molecule has 0 aromatic heterocycles. The number of hydrogen-bond donors (Lipinski definition) is 4. The van der Waals surface area contributed by atoms with Gasteiger partial charge in [-0.15, -0.1) is 0 Å². The maximum atomic E-state index is 9.10. The summed E-state index contributed by atoms with van der Waals surface area (Å²) in [6, 6.07) is 3.86. The number of fused-ring (bicyclic) bond motifs is 2. The Morgan fingerprint density at radius 1 is 0.700 bits per heavy atom. The summed E-state index contributed by atoms with van der Waals surface area (Å²) in [5.74, 6) is 1.36. The normalized spacial score (nSPS) is 13.5. The number of hydrogen-bond acceptors (Lipinski definition) is 12. The molecule has 0 bridgehead atoms.